The smallest absolute Gasteiger partial charge is 0.131 e. The average Bonchev–Trinajstić information content (AvgIpc) is 3.74. The number of hydrogen-bond donors (Lipinski definition) is 3. The van der Waals surface area contributed by atoms with E-state index >= 15 is 0 Å². The molecule has 3 N–H and O–H groups in total. The lowest BCUT2D eigenvalue weighted by molar-refractivity contribution is 0.431. The molecule has 10 rings (SSSR count). The lowest BCUT2D eigenvalue weighted by Gasteiger charge is -2.33. The second-order valence-electron chi connectivity index (χ2n) is 12.9. The summed E-state index contributed by atoms with van der Waals surface area (Å²) < 4.78 is 5.09. The fourth-order valence-corrected chi connectivity index (χ4v) is 8.79. The first-order chi connectivity index (χ1) is 24.8. The van der Waals surface area contributed by atoms with E-state index in [-0.39, 0.29) is 18.5 Å². The summed E-state index contributed by atoms with van der Waals surface area (Å²) in [5, 5.41) is 16.3. The minimum atomic E-state index is -0.229. The van der Waals surface area contributed by atoms with Crippen LogP contribution < -0.4 is 16.0 Å². The number of fused-ring (bicyclic) bond motifs is 6. The van der Waals surface area contributed by atoms with Crippen LogP contribution in [0.5, 0.6) is 0 Å². The molecular formula is C44H33N5S. The van der Waals surface area contributed by atoms with Gasteiger partial charge in [0.05, 0.1) is 11.0 Å². The Kier molecular flexibility index (Phi) is 6.89. The van der Waals surface area contributed by atoms with Gasteiger partial charge in [-0.3, -0.25) is 5.32 Å². The standard InChI is InChI=1S/C44H33N5S/c1-3-12-28(13-4-1)42-46-43(29-14-5-2-6-15-29)48-44(47-42)31-23-25-40(45-27-31)49-37-20-9-7-16-33(37)34-24-22-30(26-38(34)49)32-18-11-19-36-35-17-8-10-21-39(35)50-41(32)36/h1-27,40,42,44-45,47H,(H,46,48). The third kappa shape index (κ3) is 4.84. The van der Waals surface area contributed by atoms with Gasteiger partial charge in [-0.15, -0.1) is 11.3 Å². The van der Waals surface area contributed by atoms with Crippen LogP contribution in [0.25, 0.3) is 53.1 Å². The molecule has 2 aliphatic rings. The van der Waals surface area contributed by atoms with Gasteiger partial charge in [-0.2, -0.15) is 0 Å². The van der Waals surface area contributed by atoms with Crippen molar-refractivity contribution in [2.24, 2.45) is 4.99 Å². The highest BCUT2D eigenvalue weighted by Gasteiger charge is 2.27. The van der Waals surface area contributed by atoms with Gasteiger partial charge in [0.2, 0.25) is 0 Å². The van der Waals surface area contributed by atoms with Gasteiger partial charge in [-0.05, 0) is 41.0 Å². The lowest BCUT2D eigenvalue weighted by Crippen LogP contribution is -2.49. The minimum Gasteiger partial charge on any atom is -0.367 e. The quantitative estimate of drug-likeness (QED) is 0.172. The van der Waals surface area contributed by atoms with E-state index in [1.165, 1.54) is 58.7 Å². The van der Waals surface area contributed by atoms with Crippen LogP contribution in [0.3, 0.4) is 0 Å². The Balaban J connectivity index is 1.03. The monoisotopic (exact) mass is 663 g/mol. The van der Waals surface area contributed by atoms with Gasteiger partial charge >= 0.3 is 0 Å². The summed E-state index contributed by atoms with van der Waals surface area (Å²) in [7, 11) is 0. The number of nitrogens with one attached hydrogen (secondary N) is 3. The second-order valence-corrected chi connectivity index (χ2v) is 14.0. The first-order valence-electron chi connectivity index (χ1n) is 17.1. The molecule has 3 unspecified atom stereocenters. The van der Waals surface area contributed by atoms with E-state index in [1.807, 2.05) is 17.4 Å². The maximum Gasteiger partial charge on any atom is 0.131 e. The summed E-state index contributed by atoms with van der Waals surface area (Å²) in [6.07, 6.45) is 6.24. The van der Waals surface area contributed by atoms with E-state index in [1.54, 1.807) is 0 Å². The number of aliphatic imine (C=N–C) groups is 1. The van der Waals surface area contributed by atoms with Crippen molar-refractivity contribution in [2.75, 3.05) is 0 Å². The highest BCUT2D eigenvalue weighted by Crippen LogP contribution is 2.42. The third-order valence-electron chi connectivity index (χ3n) is 9.96. The van der Waals surface area contributed by atoms with Crippen LogP contribution in [0.15, 0.2) is 175 Å². The normalized spacial score (nSPS) is 19.0. The zero-order chi connectivity index (χ0) is 33.0. The van der Waals surface area contributed by atoms with Gasteiger partial charge < -0.3 is 15.2 Å². The van der Waals surface area contributed by atoms with E-state index < -0.39 is 0 Å². The summed E-state index contributed by atoms with van der Waals surface area (Å²) >= 11 is 1.88. The van der Waals surface area contributed by atoms with Crippen LogP contribution >= 0.6 is 11.3 Å². The molecule has 3 atom stereocenters. The molecule has 6 heteroatoms. The molecule has 0 saturated heterocycles. The van der Waals surface area contributed by atoms with Crippen molar-refractivity contribution < 1.29 is 0 Å². The van der Waals surface area contributed by atoms with Crippen molar-refractivity contribution in [1.29, 1.82) is 0 Å². The second kappa shape index (κ2) is 11.9. The van der Waals surface area contributed by atoms with Gasteiger partial charge in [0, 0.05) is 48.3 Å². The summed E-state index contributed by atoms with van der Waals surface area (Å²) in [5.74, 6) is 0.878. The Bertz CT molecular complexity index is 2650. The zero-order valence-corrected chi connectivity index (χ0v) is 27.9. The fraction of sp³-hybridized carbons (Fsp3) is 0.0682. The molecule has 5 nitrogen and oxygen atoms in total. The predicted molar refractivity (Wildman–Crippen MR) is 209 cm³/mol. The van der Waals surface area contributed by atoms with Gasteiger partial charge in [-0.1, -0.05) is 133 Å². The number of amidine groups is 1. The third-order valence-corrected chi connectivity index (χ3v) is 11.2. The van der Waals surface area contributed by atoms with Gasteiger partial charge in [0.25, 0.3) is 0 Å². The molecule has 6 aromatic carbocycles. The first-order valence-corrected chi connectivity index (χ1v) is 17.9. The summed E-state index contributed by atoms with van der Waals surface area (Å²) in [6.45, 7) is 0. The predicted octanol–water partition coefficient (Wildman–Crippen LogP) is 10.0. The molecule has 2 aromatic heterocycles. The van der Waals surface area contributed by atoms with E-state index in [0.29, 0.717) is 0 Å². The van der Waals surface area contributed by atoms with Crippen molar-refractivity contribution in [3.63, 3.8) is 0 Å². The van der Waals surface area contributed by atoms with Gasteiger partial charge in [0.1, 0.15) is 24.3 Å². The summed E-state index contributed by atoms with van der Waals surface area (Å²) in [4.78, 5) is 5.15. The number of para-hydroxylation sites is 1. The molecule has 8 aromatic rings. The lowest BCUT2D eigenvalue weighted by atomic mass is 10.0. The van der Waals surface area contributed by atoms with E-state index in [2.05, 4.69) is 178 Å². The molecule has 2 aliphatic heterocycles. The first kappa shape index (κ1) is 29.0. The molecule has 0 spiro atoms. The zero-order valence-electron chi connectivity index (χ0n) is 27.1. The Labute approximate surface area is 293 Å². The highest BCUT2D eigenvalue weighted by molar-refractivity contribution is 7.26. The Hall–Kier alpha value is -5.95. The molecule has 0 saturated carbocycles. The largest absolute Gasteiger partial charge is 0.367 e. The van der Waals surface area contributed by atoms with E-state index in [9.17, 15) is 0 Å². The average molecular weight is 664 g/mol. The molecule has 0 radical (unpaired) electrons. The molecule has 0 bridgehead atoms. The van der Waals surface area contributed by atoms with Crippen molar-refractivity contribution in [3.8, 4) is 11.1 Å². The number of hydrogen-bond acceptors (Lipinski definition) is 5. The number of benzene rings is 6. The Morgan fingerprint density at radius 2 is 1.36 bits per heavy atom. The van der Waals surface area contributed by atoms with E-state index in [0.717, 1.165) is 17.0 Å². The topological polar surface area (TPSA) is 53.4 Å². The molecule has 0 aliphatic carbocycles. The van der Waals surface area contributed by atoms with Crippen LogP contribution in [-0.2, 0) is 0 Å². The van der Waals surface area contributed by atoms with Crippen molar-refractivity contribution in [1.82, 2.24) is 20.5 Å². The van der Waals surface area contributed by atoms with Crippen LogP contribution in [0.4, 0.5) is 0 Å². The maximum atomic E-state index is 5.15. The Morgan fingerprint density at radius 1 is 0.620 bits per heavy atom. The number of nitrogens with zero attached hydrogens (tertiary/aromatic N) is 2. The minimum absolute atomic E-state index is 0.0688. The molecule has 0 fully saturated rings. The number of aromatic nitrogens is 1. The van der Waals surface area contributed by atoms with E-state index in [4.69, 9.17) is 4.99 Å². The fourth-order valence-electron chi connectivity index (χ4n) is 7.55. The maximum absolute atomic E-state index is 5.15. The highest BCUT2D eigenvalue weighted by atomic mass is 32.1. The molecule has 0 amide bonds. The molecule has 50 heavy (non-hydrogen) atoms. The summed E-state index contributed by atoms with van der Waals surface area (Å²) in [5.41, 5.74) is 8.21. The SMILES string of the molecule is C1=CC(n2c3ccccc3c3ccc(-c4cccc5c4sc4ccccc45)cc32)NC=C1C1N=C(c2ccccc2)NC(c2ccccc2)N1. The number of dihydropyridines is 1. The van der Waals surface area contributed by atoms with Crippen molar-refractivity contribution in [3.05, 3.63) is 181 Å². The molecular weight excluding hydrogens is 631 g/mol. The van der Waals surface area contributed by atoms with Crippen LogP contribution in [0.1, 0.15) is 23.5 Å². The number of thiophene rings is 1. The van der Waals surface area contributed by atoms with Crippen molar-refractivity contribution >= 4 is 59.2 Å². The van der Waals surface area contributed by atoms with Crippen LogP contribution in [-0.4, -0.2) is 16.6 Å². The molecule has 240 valence electrons. The Morgan fingerprint density at radius 3 is 2.20 bits per heavy atom. The van der Waals surface area contributed by atoms with Gasteiger partial charge in [0.15, 0.2) is 0 Å². The van der Waals surface area contributed by atoms with Gasteiger partial charge in [-0.25, -0.2) is 4.99 Å². The van der Waals surface area contributed by atoms with Crippen LogP contribution in [0, 0.1) is 0 Å². The number of rotatable bonds is 5. The van der Waals surface area contributed by atoms with Crippen molar-refractivity contribution in [2.45, 2.75) is 18.5 Å². The van der Waals surface area contributed by atoms with Crippen LogP contribution in [0.2, 0.25) is 0 Å². The molecule has 4 heterocycles. The summed E-state index contributed by atoms with van der Waals surface area (Å²) in [6, 6.07) is 52.0.